The van der Waals surface area contributed by atoms with Gasteiger partial charge in [0, 0.05) is 17.8 Å². The highest BCUT2D eigenvalue weighted by Crippen LogP contribution is 2.18. The van der Waals surface area contributed by atoms with E-state index in [0.717, 1.165) is 23.4 Å². The molecule has 0 bridgehead atoms. The Morgan fingerprint density at radius 2 is 1.80 bits per heavy atom. The summed E-state index contributed by atoms with van der Waals surface area (Å²) in [5.41, 5.74) is 1.91. The number of hydrogen-bond donors (Lipinski definition) is 2. The zero-order valence-electron chi connectivity index (χ0n) is 15.3. The van der Waals surface area contributed by atoms with Crippen LogP contribution in [-0.4, -0.2) is 19.1 Å². The Morgan fingerprint density at radius 3 is 2.52 bits per heavy atom. The predicted molar refractivity (Wildman–Crippen MR) is 103 cm³/mol. The molecule has 0 radical (unpaired) electrons. The second kappa shape index (κ2) is 9.84. The predicted octanol–water partition coefficient (Wildman–Crippen LogP) is 4.40. The first kappa shape index (κ1) is 19.0. The minimum absolute atomic E-state index is 0.0675. The fraction of sp³-hybridized carbons (Fsp3) is 0.381. The molecule has 0 saturated carbocycles. The number of amides is 1. The van der Waals surface area contributed by atoms with Gasteiger partial charge < -0.3 is 15.4 Å². The van der Waals surface area contributed by atoms with Gasteiger partial charge in [-0.05, 0) is 37.0 Å². The van der Waals surface area contributed by atoms with Crippen molar-refractivity contribution in [1.82, 2.24) is 5.32 Å². The normalized spacial score (nSPS) is 12.0. The zero-order valence-corrected chi connectivity index (χ0v) is 15.3. The molecule has 0 aliphatic rings. The molecule has 2 aromatic carbocycles. The summed E-state index contributed by atoms with van der Waals surface area (Å²) in [4.78, 5) is 12.1. The summed E-state index contributed by atoms with van der Waals surface area (Å²) >= 11 is 0. The molecule has 0 saturated heterocycles. The van der Waals surface area contributed by atoms with Crippen molar-refractivity contribution >= 4 is 11.6 Å². The number of rotatable bonds is 9. The molecule has 2 N–H and O–H groups in total. The highest BCUT2D eigenvalue weighted by molar-refractivity contribution is 5.92. The van der Waals surface area contributed by atoms with Crippen LogP contribution in [0.3, 0.4) is 0 Å². The van der Waals surface area contributed by atoms with E-state index in [-0.39, 0.29) is 18.5 Å². The fourth-order valence-electron chi connectivity index (χ4n) is 2.39. The quantitative estimate of drug-likeness (QED) is 0.711. The van der Waals surface area contributed by atoms with Gasteiger partial charge in [0.15, 0.2) is 0 Å². The molecule has 1 unspecified atom stereocenters. The summed E-state index contributed by atoms with van der Waals surface area (Å²) in [6.45, 7) is 7.33. The lowest BCUT2D eigenvalue weighted by molar-refractivity contribution is -0.115. The molecule has 1 amide bonds. The van der Waals surface area contributed by atoms with Crippen LogP contribution in [0.4, 0.5) is 5.69 Å². The van der Waals surface area contributed by atoms with Gasteiger partial charge in [-0.1, -0.05) is 50.2 Å². The van der Waals surface area contributed by atoms with Gasteiger partial charge in [-0.3, -0.25) is 4.79 Å². The fourth-order valence-corrected chi connectivity index (χ4v) is 2.39. The first-order valence-electron chi connectivity index (χ1n) is 8.85. The van der Waals surface area contributed by atoms with Gasteiger partial charge in [-0.25, -0.2) is 0 Å². The first-order chi connectivity index (χ1) is 12.0. The molecule has 4 nitrogen and oxygen atoms in total. The van der Waals surface area contributed by atoms with Crippen LogP contribution in [0.5, 0.6) is 5.75 Å². The average Bonchev–Trinajstić information content (AvgIpc) is 2.60. The van der Waals surface area contributed by atoms with Crippen molar-refractivity contribution < 1.29 is 9.53 Å². The number of carbonyl (C=O) groups is 1. The number of carbonyl (C=O) groups excluding carboxylic acids is 1. The lowest BCUT2D eigenvalue weighted by atomic mass is 10.1. The van der Waals surface area contributed by atoms with E-state index in [1.165, 1.54) is 0 Å². The Balaban J connectivity index is 1.80. The lowest BCUT2D eigenvalue weighted by Gasteiger charge is -2.14. The summed E-state index contributed by atoms with van der Waals surface area (Å²) in [5.74, 6) is 1.33. The highest BCUT2D eigenvalue weighted by atomic mass is 16.5. The maximum Gasteiger partial charge on any atom is 0.238 e. The lowest BCUT2D eigenvalue weighted by Crippen LogP contribution is -2.30. The summed E-state index contributed by atoms with van der Waals surface area (Å²) in [6, 6.07) is 17.7. The van der Waals surface area contributed by atoms with Crippen molar-refractivity contribution in [1.29, 1.82) is 0 Å². The summed E-state index contributed by atoms with van der Waals surface area (Å²) in [5, 5.41) is 6.14. The first-order valence-corrected chi connectivity index (χ1v) is 8.85. The molecule has 0 fully saturated rings. The second-order valence-corrected chi connectivity index (χ2v) is 6.62. The van der Waals surface area contributed by atoms with Crippen LogP contribution in [0, 0.1) is 5.92 Å². The van der Waals surface area contributed by atoms with Crippen molar-refractivity contribution in [2.75, 3.05) is 18.5 Å². The van der Waals surface area contributed by atoms with Crippen LogP contribution in [0.25, 0.3) is 0 Å². The zero-order chi connectivity index (χ0) is 18.1. The number of nitrogens with one attached hydrogen (secondary N) is 2. The molecule has 2 aromatic rings. The van der Waals surface area contributed by atoms with E-state index in [9.17, 15) is 4.79 Å². The van der Waals surface area contributed by atoms with E-state index < -0.39 is 0 Å². The molecule has 134 valence electrons. The molecule has 0 aliphatic heterocycles. The molecule has 0 heterocycles. The number of benzene rings is 2. The Morgan fingerprint density at radius 1 is 1.04 bits per heavy atom. The third-order valence-electron chi connectivity index (χ3n) is 3.95. The molecule has 0 aliphatic carbocycles. The van der Waals surface area contributed by atoms with E-state index >= 15 is 0 Å². The summed E-state index contributed by atoms with van der Waals surface area (Å²) in [7, 11) is 0. The molecular weight excluding hydrogens is 312 g/mol. The van der Waals surface area contributed by atoms with Crippen molar-refractivity contribution in [2.45, 2.75) is 33.2 Å². The number of ether oxygens (including phenoxy) is 1. The van der Waals surface area contributed by atoms with E-state index in [0.29, 0.717) is 12.5 Å². The van der Waals surface area contributed by atoms with E-state index in [1.54, 1.807) is 0 Å². The van der Waals surface area contributed by atoms with Gasteiger partial charge in [0.05, 0.1) is 13.2 Å². The minimum atomic E-state index is -0.0675. The molecule has 1 atom stereocenters. The van der Waals surface area contributed by atoms with Crippen LogP contribution in [0.15, 0.2) is 54.6 Å². The van der Waals surface area contributed by atoms with Crippen LogP contribution in [0.2, 0.25) is 0 Å². The van der Waals surface area contributed by atoms with Gasteiger partial charge >= 0.3 is 0 Å². The minimum Gasteiger partial charge on any atom is -0.494 e. The van der Waals surface area contributed by atoms with Gasteiger partial charge in [0.1, 0.15) is 5.75 Å². The third-order valence-corrected chi connectivity index (χ3v) is 3.95. The van der Waals surface area contributed by atoms with Gasteiger partial charge in [0.25, 0.3) is 0 Å². The number of anilines is 1. The third kappa shape index (κ3) is 6.98. The Bertz CT molecular complexity index is 656. The second-order valence-electron chi connectivity index (χ2n) is 6.62. The molecular formula is C21H28N2O2. The maximum atomic E-state index is 12.1. The Hall–Kier alpha value is -2.33. The molecule has 0 spiro atoms. The van der Waals surface area contributed by atoms with E-state index in [4.69, 9.17) is 4.74 Å². The molecule has 25 heavy (non-hydrogen) atoms. The van der Waals surface area contributed by atoms with Crippen molar-refractivity contribution in [3.63, 3.8) is 0 Å². The SMILES string of the molecule is CC(C)CCOc1cccc(NC(=O)CNC(C)c2ccccc2)c1. The number of hydrogen-bond acceptors (Lipinski definition) is 3. The summed E-state index contributed by atoms with van der Waals surface area (Å²) < 4.78 is 5.73. The van der Waals surface area contributed by atoms with Crippen molar-refractivity contribution in [3.8, 4) is 5.75 Å². The van der Waals surface area contributed by atoms with E-state index in [2.05, 4.69) is 24.5 Å². The largest absolute Gasteiger partial charge is 0.494 e. The van der Waals surface area contributed by atoms with Crippen LogP contribution < -0.4 is 15.4 Å². The van der Waals surface area contributed by atoms with Gasteiger partial charge in [0.2, 0.25) is 5.91 Å². The summed E-state index contributed by atoms with van der Waals surface area (Å²) in [6.07, 6.45) is 1.01. The maximum absolute atomic E-state index is 12.1. The Labute approximate surface area is 150 Å². The van der Waals surface area contributed by atoms with Crippen LogP contribution in [0.1, 0.15) is 38.8 Å². The van der Waals surface area contributed by atoms with Crippen LogP contribution in [-0.2, 0) is 4.79 Å². The smallest absolute Gasteiger partial charge is 0.238 e. The van der Waals surface area contributed by atoms with Crippen LogP contribution >= 0.6 is 0 Å². The van der Waals surface area contributed by atoms with Crippen molar-refractivity contribution in [2.24, 2.45) is 5.92 Å². The molecule has 2 rings (SSSR count). The van der Waals surface area contributed by atoms with Crippen molar-refractivity contribution in [3.05, 3.63) is 60.2 Å². The van der Waals surface area contributed by atoms with Gasteiger partial charge in [-0.15, -0.1) is 0 Å². The average molecular weight is 340 g/mol. The highest BCUT2D eigenvalue weighted by Gasteiger charge is 2.08. The molecule has 4 heteroatoms. The molecule has 0 aromatic heterocycles. The topological polar surface area (TPSA) is 50.4 Å². The Kier molecular flexibility index (Phi) is 7.48. The monoisotopic (exact) mass is 340 g/mol. The standard InChI is InChI=1S/C21H28N2O2/c1-16(2)12-13-25-20-11-7-10-19(14-20)23-21(24)15-22-17(3)18-8-5-4-6-9-18/h4-11,14,16-17,22H,12-13,15H2,1-3H3,(H,23,24). The van der Waals surface area contributed by atoms with E-state index in [1.807, 2.05) is 61.5 Å². The van der Waals surface area contributed by atoms with Gasteiger partial charge in [-0.2, -0.15) is 0 Å².